The molecule has 1 heterocycles. The fraction of sp³-hybridized carbons (Fsp3) is 0.231. The van der Waals surface area contributed by atoms with E-state index in [1.807, 2.05) is 29.2 Å². The molecule has 1 saturated heterocycles. The molecule has 176 valence electrons. The van der Waals surface area contributed by atoms with E-state index in [1.165, 1.54) is 7.11 Å². The average Bonchev–Trinajstić information content (AvgIpc) is 2.88. The largest absolute Gasteiger partial charge is 0.497 e. The van der Waals surface area contributed by atoms with Gasteiger partial charge in [-0.25, -0.2) is 0 Å². The van der Waals surface area contributed by atoms with E-state index >= 15 is 0 Å². The Morgan fingerprint density at radius 1 is 0.882 bits per heavy atom. The van der Waals surface area contributed by atoms with E-state index in [-0.39, 0.29) is 11.8 Å². The molecule has 0 unspecified atom stereocenters. The molecule has 0 radical (unpaired) electrons. The first-order chi connectivity index (χ1) is 16.5. The van der Waals surface area contributed by atoms with E-state index in [9.17, 15) is 9.59 Å². The molecule has 2 amide bonds. The number of ether oxygens (including phenoxy) is 2. The van der Waals surface area contributed by atoms with Crippen LogP contribution in [0.3, 0.4) is 0 Å². The molecule has 0 atom stereocenters. The van der Waals surface area contributed by atoms with Gasteiger partial charge in [0.25, 0.3) is 11.8 Å². The van der Waals surface area contributed by atoms with Crippen molar-refractivity contribution in [2.24, 2.45) is 0 Å². The first-order valence-electron chi connectivity index (χ1n) is 10.9. The maximum atomic E-state index is 13.0. The fourth-order valence-electron chi connectivity index (χ4n) is 3.96. The molecule has 4 rings (SSSR count). The number of rotatable bonds is 6. The minimum Gasteiger partial charge on any atom is -0.497 e. The van der Waals surface area contributed by atoms with Crippen molar-refractivity contribution in [3.8, 4) is 11.5 Å². The molecule has 3 aromatic rings. The Hall–Kier alpha value is -3.71. The first-order valence-corrected chi connectivity index (χ1v) is 11.3. The van der Waals surface area contributed by atoms with Crippen LogP contribution in [0.15, 0.2) is 66.7 Å². The summed E-state index contributed by atoms with van der Waals surface area (Å²) in [4.78, 5) is 29.9. The lowest BCUT2D eigenvalue weighted by atomic mass is 10.1. The second kappa shape index (κ2) is 10.5. The van der Waals surface area contributed by atoms with Crippen molar-refractivity contribution in [1.29, 1.82) is 0 Å². The van der Waals surface area contributed by atoms with Crippen LogP contribution in [-0.2, 0) is 0 Å². The quantitative estimate of drug-likeness (QED) is 0.560. The Labute approximate surface area is 203 Å². The Kier molecular flexibility index (Phi) is 7.23. The SMILES string of the molecule is COc1ccc(C(=O)Nc2ccccc2N2CCN(C(=O)c3ccc(Cl)cc3)CC2)c(OC)c1. The smallest absolute Gasteiger partial charge is 0.259 e. The Morgan fingerprint density at radius 3 is 2.26 bits per heavy atom. The summed E-state index contributed by atoms with van der Waals surface area (Å²) in [5.41, 5.74) is 2.64. The fourth-order valence-corrected chi connectivity index (χ4v) is 4.08. The lowest BCUT2D eigenvalue weighted by Crippen LogP contribution is -2.49. The van der Waals surface area contributed by atoms with E-state index in [2.05, 4.69) is 10.2 Å². The minimum absolute atomic E-state index is 0.00972. The van der Waals surface area contributed by atoms with Crippen molar-refractivity contribution < 1.29 is 19.1 Å². The number of piperazine rings is 1. The monoisotopic (exact) mass is 479 g/mol. The highest BCUT2D eigenvalue weighted by Crippen LogP contribution is 2.30. The van der Waals surface area contributed by atoms with E-state index in [0.29, 0.717) is 59.5 Å². The number of amides is 2. The van der Waals surface area contributed by atoms with Gasteiger partial charge in [-0.15, -0.1) is 0 Å². The highest BCUT2D eigenvalue weighted by molar-refractivity contribution is 6.30. The molecule has 0 bridgehead atoms. The maximum absolute atomic E-state index is 13.0. The number of anilines is 2. The Morgan fingerprint density at radius 2 is 1.59 bits per heavy atom. The summed E-state index contributed by atoms with van der Waals surface area (Å²) in [6.07, 6.45) is 0. The topological polar surface area (TPSA) is 71.1 Å². The third-order valence-corrected chi connectivity index (χ3v) is 6.06. The highest BCUT2D eigenvalue weighted by atomic mass is 35.5. The molecule has 0 saturated carbocycles. The molecular weight excluding hydrogens is 454 g/mol. The van der Waals surface area contributed by atoms with Crippen LogP contribution in [0.5, 0.6) is 11.5 Å². The van der Waals surface area contributed by atoms with Crippen LogP contribution in [0.25, 0.3) is 0 Å². The van der Waals surface area contributed by atoms with E-state index in [4.69, 9.17) is 21.1 Å². The zero-order valence-corrected chi connectivity index (χ0v) is 19.8. The molecule has 34 heavy (non-hydrogen) atoms. The number of benzene rings is 3. The van der Waals surface area contributed by atoms with Crippen LogP contribution < -0.4 is 19.7 Å². The molecule has 3 aromatic carbocycles. The van der Waals surface area contributed by atoms with Crippen LogP contribution in [0.1, 0.15) is 20.7 Å². The van der Waals surface area contributed by atoms with Crippen molar-refractivity contribution in [1.82, 2.24) is 4.90 Å². The van der Waals surface area contributed by atoms with E-state index in [0.717, 1.165) is 5.69 Å². The number of para-hydroxylation sites is 2. The van der Waals surface area contributed by atoms with E-state index in [1.54, 1.807) is 49.6 Å². The second-order valence-electron chi connectivity index (χ2n) is 7.82. The Bertz CT molecular complexity index is 1170. The van der Waals surface area contributed by atoms with Gasteiger partial charge in [0, 0.05) is 42.8 Å². The average molecular weight is 480 g/mol. The summed E-state index contributed by atoms with van der Waals surface area (Å²) >= 11 is 5.94. The minimum atomic E-state index is -0.275. The van der Waals surface area contributed by atoms with Gasteiger partial charge in [-0.2, -0.15) is 0 Å². The molecule has 8 heteroatoms. The van der Waals surface area contributed by atoms with Crippen molar-refractivity contribution in [3.63, 3.8) is 0 Å². The van der Waals surface area contributed by atoms with Gasteiger partial charge in [-0.1, -0.05) is 23.7 Å². The predicted octanol–water partition coefficient (Wildman–Crippen LogP) is 4.57. The van der Waals surface area contributed by atoms with Crippen LogP contribution in [0.2, 0.25) is 5.02 Å². The van der Waals surface area contributed by atoms with Gasteiger partial charge in [-0.05, 0) is 48.5 Å². The lowest BCUT2D eigenvalue weighted by molar-refractivity contribution is 0.0746. The summed E-state index contributed by atoms with van der Waals surface area (Å²) in [7, 11) is 3.08. The molecule has 7 nitrogen and oxygen atoms in total. The first kappa shape index (κ1) is 23.4. The zero-order chi connectivity index (χ0) is 24.1. The molecule has 0 aliphatic carbocycles. The molecule has 1 aliphatic heterocycles. The zero-order valence-electron chi connectivity index (χ0n) is 19.1. The number of nitrogens with zero attached hydrogens (tertiary/aromatic N) is 2. The van der Waals surface area contributed by atoms with Gasteiger partial charge in [-0.3, -0.25) is 9.59 Å². The van der Waals surface area contributed by atoms with Crippen molar-refractivity contribution in [2.75, 3.05) is 50.6 Å². The molecule has 0 aromatic heterocycles. The normalized spacial score (nSPS) is 13.4. The number of halogens is 1. The number of nitrogens with one attached hydrogen (secondary N) is 1. The van der Waals surface area contributed by atoms with Crippen LogP contribution in [0.4, 0.5) is 11.4 Å². The van der Waals surface area contributed by atoms with Crippen molar-refractivity contribution >= 4 is 34.8 Å². The number of carbonyl (C=O) groups is 2. The van der Waals surface area contributed by atoms with Gasteiger partial charge < -0.3 is 24.6 Å². The van der Waals surface area contributed by atoms with Crippen LogP contribution in [0, 0.1) is 0 Å². The van der Waals surface area contributed by atoms with Gasteiger partial charge in [0.2, 0.25) is 0 Å². The van der Waals surface area contributed by atoms with Crippen LogP contribution >= 0.6 is 11.6 Å². The summed E-state index contributed by atoms with van der Waals surface area (Å²) in [6, 6.07) is 19.7. The summed E-state index contributed by atoms with van der Waals surface area (Å²) in [5, 5.41) is 3.61. The summed E-state index contributed by atoms with van der Waals surface area (Å²) < 4.78 is 10.6. The van der Waals surface area contributed by atoms with Gasteiger partial charge in [0.15, 0.2) is 0 Å². The third kappa shape index (κ3) is 5.10. The van der Waals surface area contributed by atoms with Gasteiger partial charge in [0.1, 0.15) is 11.5 Å². The predicted molar refractivity (Wildman–Crippen MR) is 134 cm³/mol. The number of carbonyl (C=O) groups excluding carboxylic acids is 2. The standard InChI is InChI=1S/C26H26ClN3O4/c1-33-20-11-12-21(24(17-20)34-2)25(31)28-22-5-3-4-6-23(22)29-13-15-30(16-14-29)26(32)18-7-9-19(27)10-8-18/h3-12,17H,13-16H2,1-2H3,(H,28,31). The maximum Gasteiger partial charge on any atom is 0.259 e. The molecule has 1 aliphatic rings. The lowest BCUT2D eigenvalue weighted by Gasteiger charge is -2.37. The molecule has 0 spiro atoms. The van der Waals surface area contributed by atoms with Gasteiger partial charge in [0.05, 0.1) is 31.2 Å². The third-order valence-electron chi connectivity index (χ3n) is 5.80. The van der Waals surface area contributed by atoms with Crippen LogP contribution in [-0.4, -0.2) is 57.1 Å². The number of hydrogen-bond acceptors (Lipinski definition) is 5. The summed E-state index contributed by atoms with van der Waals surface area (Å²) in [6.45, 7) is 2.46. The van der Waals surface area contributed by atoms with Crippen molar-refractivity contribution in [3.05, 3.63) is 82.9 Å². The van der Waals surface area contributed by atoms with E-state index < -0.39 is 0 Å². The Balaban J connectivity index is 1.45. The molecule has 1 N–H and O–H groups in total. The van der Waals surface area contributed by atoms with Crippen molar-refractivity contribution in [2.45, 2.75) is 0 Å². The number of hydrogen-bond donors (Lipinski definition) is 1. The molecular formula is C26H26ClN3O4. The second-order valence-corrected chi connectivity index (χ2v) is 8.26. The van der Waals surface area contributed by atoms with Gasteiger partial charge >= 0.3 is 0 Å². The summed E-state index contributed by atoms with van der Waals surface area (Å²) in [5.74, 6) is 0.761. The number of methoxy groups -OCH3 is 2. The highest BCUT2D eigenvalue weighted by Gasteiger charge is 2.24. The molecule has 1 fully saturated rings.